The molecule has 2 heterocycles. The van der Waals surface area contributed by atoms with Gasteiger partial charge in [0, 0.05) is 25.9 Å². The van der Waals surface area contributed by atoms with Gasteiger partial charge in [-0.1, -0.05) is 38.1 Å². The van der Waals surface area contributed by atoms with Crippen LogP contribution in [-0.4, -0.2) is 41.4 Å². The van der Waals surface area contributed by atoms with E-state index in [1.54, 1.807) is 0 Å². The Morgan fingerprint density at radius 2 is 1.75 bits per heavy atom. The number of para-hydroxylation sites is 1. The number of benzene rings is 2. The molecule has 1 atom stereocenters. The average molecular weight is 436 g/mol. The monoisotopic (exact) mass is 435 g/mol. The van der Waals surface area contributed by atoms with Gasteiger partial charge in [0.05, 0.1) is 12.0 Å². The first-order valence-corrected chi connectivity index (χ1v) is 11.6. The van der Waals surface area contributed by atoms with Crippen molar-refractivity contribution in [2.24, 2.45) is 0 Å². The number of piperidine rings is 1. The van der Waals surface area contributed by atoms with Crippen molar-refractivity contribution >= 4 is 11.7 Å². The number of fused-ring (bicyclic) bond motifs is 1. The molecule has 170 valence electrons. The van der Waals surface area contributed by atoms with E-state index in [0.29, 0.717) is 43.8 Å². The molecular weight excluding hydrogens is 402 g/mol. The van der Waals surface area contributed by atoms with Crippen LogP contribution in [0, 0.1) is 13.8 Å². The number of ether oxygens (including phenoxy) is 2. The van der Waals surface area contributed by atoms with E-state index in [1.165, 1.54) is 0 Å². The summed E-state index contributed by atoms with van der Waals surface area (Å²) in [5.41, 5.74) is 3.41. The first kappa shape index (κ1) is 22.4. The number of aryl methyl sites for hydroxylation is 1. The van der Waals surface area contributed by atoms with Gasteiger partial charge in [-0.15, -0.1) is 0 Å². The standard InChI is InChI=1S/C27H33NO4/c1-17(2)21-8-6-7-9-24(21)31-20(5)26(30)28-14-12-27(13-15-28)16-23(29)22-11-10-18(3)19(4)25(22)32-27/h6-11,17,20H,12-16H2,1-5H3. The molecule has 0 N–H and O–H groups in total. The van der Waals surface area contributed by atoms with Crippen molar-refractivity contribution in [3.63, 3.8) is 0 Å². The quantitative estimate of drug-likeness (QED) is 0.661. The predicted octanol–water partition coefficient (Wildman–Crippen LogP) is 5.22. The maximum Gasteiger partial charge on any atom is 0.263 e. The second-order valence-corrected chi connectivity index (χ2v) is 9.55. The highest BCUT2D eigenvalue weighted by Crippen LogP contribution is 2.42. The van der Waals surface area contributed by atoms with Gasteiger partial charge in [-0.2, -0.15) is 0 Å². The Kier molecular flexibility index (Phi) is 6.02. The van der Waals surface area contributed by atoms with Gasteiger partial charge in [0.15, 0.2) is 11.9 Å². The highest BCUT2D eigenvalue weighted by molar-refractivity contribution is 6.01. The molecule has 2 aliphatic rings. The number of Topliss-reactive ketones (excluding diaryl/α,β-unsaturated/α-hetero) is 1. The zero-order valence-electron chi connectivity index (χ0n) is 19.7. The molecule has 5 nitrogen and oxygen atoms in total. The topological polar surface area (TPSA) is 55.8 Å². The summed E-state index contributed by atoms with van der Waals surface area (Å²) in [6, 6.07) is 11.7. The van der Waals surface area contributed by atoms with Gasteiger partial charge in [0.1, 0.15) is 17.1 Å². The van der Waals surface area contributed by atoms with Gasteiger partial charge in [-0.05, 0) is 55.5 Å². The molecular formula is C27H33NO4. The van der Waals surface area contributed by atoms with Crippen LogP contribution in [-0.2, 0) is 4.79 Å². The van der Waals surface area contributed by atoms with E-state index in [9.17, 15) is 9.59 Å². The Morgan fingerprint density at radius 3 is 2.44 bits per heavy atom. The van der Waals surface area contributed by atoms with Gasteiger partial charge < -0.3 is 14.4 Å². The Labute approximate surface area is 190 Å². The van der Waals surface area contributed by atoms with Crippen molar-refractivity contribution in [2.75, 3.05) is 13.1 Å². The lowest BCUT2D eigenvalue weighted by molar-refractivity contribution is -0.141. The van der Waals surface area contributed by atoms with Gasteiger partial charge in [0.25, 0.3) is 5.91 Å². The number of nitrogens with zero attached hydrogens (tertiary/aromatic N) is 1. The second-order valence-electron chi connectivity index (χ2n) is 9.55. The summed E-state index contributed by atoms with van der Waals surface area (Å²) in [6.45, 7) is 11.2. The molecule has 2 aliphatic heterocycles. The molecule has 1 fully saturated rings. The number of hydrogen-bond acceptors (Lipinski definition) is 4. The van der Waals surface area contributed by atoms with Crippen LogP contribution < -0.4 is 9.47 Å². The van der Waals surface area contributed by atoms with Crippen LogP contribution in [0.3, 0.4) is 0 Å². The molecule has 0 saturated carbocycles. The number of amides is 1. The Hall–Kier alpha value is -2.82. The zero-order valence-corrected chi connectivity index (χ0v) is 19.7. The van der Waals surface area contributed by atoms with Gasteiger partial charge >= 0.3 is 0 Å². The maximum absolute atomic E-state index is 13.1. The highest BCUT2D eigenvalue weighted by atomic mass is 16.5. The number of carbonyl (C=O) groups is 2. The molecule has 1 amide bonds. The van der Waals surface area contributed by atoms with E-state index in [-0.39, 0.29) is 11.7 Å². The van der Waals surface area contributed by atoms with Crippen molar-refractivity contribution in [3.05, 3.63) is 58.7 Å². The van der Waals surface area contributed by atoms with E-state index in [4.69, 9.17) is 9.47 Å². The Bertz CT molecular complexity index is 1030. The summed E-state index contributed by atoms with van der Waals surface area (Å²) in [6.07, 6.45) is 1.10. The van der Waals surface area contributed by atoms with Crippen LogP contribution in [0.2, 0.25) is 0 Å². The fourth-order valence-corrected chi connectivity index (χ4v) is 4.76. The smallest absolute Gasteiger partial charge is 0.263 e. The lowest BCUT2D eigenvalue weighted by Gasteiger charge is -2.44. The largest absolute Gasteiger partial charge is 0.486 e. The van der Waals surface area contributed by atoms with Crippen LogP contribution in [0.15, 0.2) is 36.4 Å². The Balaban J connectivity index is 1.43. The SMILES string of the molecule is Cc1ccc2c(c1C)OC1(CCN(C(=O)C(C)Oc3ccccc3C(C)C)CC1)CC2=O. The van der Waals surface area contributed by atoms with Gasteiger partial charge in [-0.25, -0.2) is 0 Å². The molecule has 2 aromatic rings. The van der Waals surface area contributed by atoms with Crippen LogP contribution in [0.5, 0.6) is 11.5 Å². The molecule has 32 heavy (non-hydrogen) atoms. The van der Waals surface area contributed by atoms with E-state index in [1.807, 2.05) is 62.1 Å². The van der Waals surface area contributed by atoms with Crippen LogP contribution in [0.25, 0.3) is 0 Å². The molecule has 5 heteroatoms. The minimum Gasteiger partial charge on any atom is -0.486 e. The van der Waals surface area contributed by atoms with Crippen molar-refractivity contribution in [3.8, 4) is 11.5 Å². The molecule has 0 bridgehead atoms. The van der Waals surface area contributed by atoms with Crippen LogP contribution in [0.1, 0.15) is 73.0 Å². The molecule has 0 aromatic heterocycles. The van der Waals surface area contributed by atoms with Crippen molar-refractivity contribution in [2.45, 2.75) is 71.5 Å². The lowest BCUT2D eigenvalue weighted by Crippen LogP contribution is -2.54. The third-order valence-electron chi connectivity index (χ3n) is 6.96. The number of hydrogen-bond donors (Lipinski definition) is 0. The average Bonchev–Trinajstić information content (AvgIpc) is 2.77. The maximum atomic E-state index is 13.1. The normalized spacial score (nSPS) is 18.3. The minimum atomic E-state index is -0.566. The number of carbonyl (C=O) groups excluding carboxylic acids is 2. The fourth-order valence-electron chi connectivity index (χ4n) is 4.76. The van der Waals surface area contributed by atoms with E-state index < -0.39 is 11.7 Å². The zero-order chi connectivity index (χ0) is 23.0. The Morgan fingerprint density at radius 1 is 1.06 bits per heavy atom. The predicted molar refractivity (Wildman–Crippen MR) is 125 cm³/mol. The lowest BCUT2D eigenvalue weighted by atomic mass is 9.81. The summed E-state index contributed by atoms with van der Waals surface area (Å²) in [4.78, 5) is 27.8. The fraction of sp³-hybridized carbons (Fsp3) is 0.481. The van der Waals surface area contributed by atoms with Crippen molar-refractivity contribution < 1.29 is 19.1 Å². The molecule has 1 spiro atoms. The van der Waals surface area contributed by atoms with Crippen molar-refractivity contribution in [1.29, 1.82) is 0 Å². The summed E-state index contributed by atoms with van der Waals surface area (Å²) in [7, 11) is 0. The van der Waals surface area contributed by atoms with Crippen molar-refractivity contribution in [1.82, 2.24) is 4.90 Å². The van der Waals surface area contributed by atoms with Gasteiger partial charge in [0.2, 0.25) is 0 Å². The number of likely N-dealkylation sites (tertiary alicyclic amines) is 1. The number of rotatable bonds is 4. The van der Waals surface area contributed by atoms with Crippen LogP contribution >= 0.6 is 0 Å². The molecule has 0 aliphatic carbocycles. The second kappa shape index (κ2) is 8.61. The third kappa shape index (κ3) is 4.13. The first-order valence-electron chi connectivity index (χ1n) is 11.6. The summed E-state index contributed by atoms with van der Waals surface area (Å²) >= 11 is 0. The van der Waals surface area contributed by atoms with E-state index in [0.717, 1.165) is 28.2 Å². The van der Waals surface area contributed by atoms with Crippen LogP contribution in [0.4, 0.5) is 0 Å². The molecule has 1 unspecified atom stereocenters. The van der Waals surface area contributed by atoms with E-state index >= 15 is 0 Å². The third-order valence-corrected chi connectivity index (χ3v) is 6.96. The first-order chi connectivity index (χ1) is 15.2. The van der Waals surface area contributed by atoms with Gasteiger partial charge in [-0.3, -0.25) is 9.59 Å². The molecule has 1 saturated heterocycles. The number of ketones is 1. The van der Waals surface area contributed by atoms with E-state index in [2.05, 4.69) is 13.8 Å². The summed E-state index contributed by atoms with van der Waals surface area (Å²) < 4.78 is 12.6. The highest BCUT2D eigenvalue weighted by Gasteiger charge is 2.44. The summed E-state index contributed by atoms with van der Waals surface area (Å²) in [5.74, 6) is 1.92. The molecule has 2 aromatic carbocycles. The molecule has 0 radical (unpaired) electrons. The summed E-state index contributed by atoms with van der Waals surface area (Å²) in [5, 5.41) is 0. The minimum absolute atomic E-state index is 0.0204. The molecule has 4 rings (SSSR count).